The lowest BCUT2D eigenvalue weighted by atomic mass is 9.82. The normalized spacial score (nSPS) is 24.1. The standard InChI is InChI=1S/C22H25NO4/c1-25-14-22-13-23(11-19(22)12-27-15-22)21(24)18-7-3-5-16(9-18)17-6-4-8-20(10-17)26-2/h3-10,19H,11-15H2,1-2H3/t19-,22-/m0/s1. The zero-order chi connectivity index (χ0) is 18.9. The molecule has 5 nitrogen and oxygen atoms in total. The van der Waals surface area contributed by atoms with Crippen LogP contribution < -0.4 is 4.74 Å². The fraction of sp³-hybridized carbons (Fsp3) is 0.409. The molecule has 4 rings (SSSR count). The maximum absolute atomic E-state index is 13.2. The zero-order valence-corrected chi connectivity index (χ0v) is 15.8. The van der Waals surface area contributed by atoms with E-state index in [0.29, 0.717) is 37.8 Å². The van der Waals surface area contributed by atoms with Crippen LogP contribution in [0, 0.1) is 11.3 Å². The molecule has 2 fully saturated rings. The number of hydrogen-bond acceptors (Lipinski definition) is 4. The Morgan fingerprint density at radius 1 is 1.19 bits per heavy atom. The van der Waals surface area contributed by atoms with Crippen LogP contribution in [0.5, 0.6) is 5.75 Å². The van der Waals surface area contributed by atoms with Crippen LogP contribution in [-0.4, -0.2) is 57.9 Å². The molecule has 2 heterocycles. The van der Waals surface area contributed by atoms with E-state index >= 15 is 0 Å². The lowest BCUT2D eigenvalue weighted by Crippen LogP contribution is -2.37. The van der Waals surface area contributed by atoms with E-state index in [-0.39, 0.29) is 11.3 Å². The minimum atomic E-state index is -0.0607. The molecule has 0 saturated carbocycles. The highest BCUT2D eigenvalue weighted by Gasteiger charge is 2.51. The first-order valence-electron chi connectivity index (χ1n) is 9.26. The molecule has 2 aliphatic heterocycles. The van der Waals surface area contributed by atoms with Gasteiger partial charge < -0.3 is 19.1 Å². The Labute approximate surface area is 159 Å². The molecule has 142 valence electrons. The van der Waals surface area contributed by atoms with Crippen LogP contribution in [0.1, 0.15) is 10.4 Å². The number of amides is 1. The fourth-order valence-corrected chi connectivity index (χ4v) is 4.30. The Balaban J connectivity index is 1.56. The van der Waals surface area contributed by atoms with Gasteiger partial charge >= 0.3 is 0 Å². The largest absolute Gasteiger partial charge is 0.497 e. The summed E-state index contributed by atoms with van der Waals surface area (Å²) in [6.07, 6.45) is 0. The molecule has 2 aliphatic rings. The molecule has 0 aliphatic carbocycles. The highest BCUT2D eigenvalue weighted by Crippen LogP contribution is 2.42. The van der Waals surface area contributed by atoms with Gasteiger partial charge in [-0.1, -0.05) is 24.3 Å². The SMILES string of the molecule is COC[C@@]12COC[C@@H]1CN(C(=O)c1cccc(-c3cccc(OC)c3)c1)C2. The average Bonchev–Trinajstić information content (AvgIpc) is 3.25. The minimum Gasteiger partial charge on any atom is -0.497 e. The maximum atomic E-state index is 13.2. The van der Waals surface area contributed by atoms with Gasteiger partial charge in [0.25, 0.3) is 5.91 Å². The van der Waals surface area contributed by atoms with Crippen molar-refractivity contribution in [3.05, 3.63) is 54.1 Å². The van der Waals surface area contributed by atoms with Gasteiger partial charge in [0.2, 0.25) is 0 Å². The topological polar surface area (TPSA) is 48.0 Å². The summed E-state index contributed by atoms with van der Waals surface area (Å²) in [5.74, 6) is 1.23. The zero-order valence-electron chi connectivity index (χ0n) is 15.8. The number of benzene rings is 2. The van der Waals surface area contributed by atoms with Crippen molar-refractivity contribution in [2.24, 2.45) is 11.3 Å². The number of methoxy groups -OCH3 is 2. The lowest BCUT2D eigenvalue weighted by molar-refractivity contribution is 0.0489. The van der Waals surface area contributed by atoms with Gasteiger partial charge in [0, 0.05) is 37.1 Å². The second kappa shape index (κ2) is 7.33. The number of fused-ring (bicyclic) bond motifs is 1. The van der Waals surface area contributed by atoms with Crippen LogP contribution in [-0.2, 0) is 9.47 Å². The fourth-order valence-electron chi connectivity index (χ4n) is 4.30. The van der Waals surface area contributed by atoms with Crippen molar-refractivity contribution in [2.45, 2.75) is 0 Å². The van der Waals surface area contributed by atoms with E-state index < -0.39 is 0 Å². The number of ether oxygens (including phenoxy) is 3. The lowest BCUT2D eigenvalue weighted by Gasteiger charge is -2.26. The summed E-state index contributed by atoms with van der Waals surface area (Å²) >= 11 is 0. The van der Waals surface area contributed by atoms with E-state index in [9.17, 15) is 4.79 Å². The Morgan fingerprint density at radius 3 is 2.74 bits per heavy atom. The van der Waals surface area contributed by atoms with E-state index in [1.165, 1.54) is 0 Å². The second-order valence-electron chi connectivity index (χ2n) is 7.51. The Morgan fingerprint density at radius 2 is 1.96 bits per heavy atom. The summed E-state index contributed by atoms with van der Waals surface area (Å²) in [7, 11) is 3.37. The number of hydrogen-bond donors (Lipinski definition) is 0. The van der Waals surface area contributed by atoms with Gasteiger partial charge in [0.05, 0.1) is 26.9 Å². The number of rotatable bonds is 5. The second-order valence-corrected chi connectivity index (χ2v) is 7.51. The molecular weight excluding hydrogens is 342 g/mol. The third-order valence-electron chi connectivity index (χ3n) is 5.75. The molecule has 2 aromatic carbocycles. The van der Waals surface area contributed by atoms with Crippen molar-refractivity contribution in [1.29, 1.82) is 0 Å². The first kappa shape index (κ1) is 18.0. The van der Waals surface area contributed by atoms with Crippen molar-refractivity contribution in [3.8, 4) is 16.9 Å². The quantitative estimate of drug-likeness (QED) is 0.815. The van der Waals surface area contributed by atoms with Crippen molar-refractivity contribution in [2.75, 3.05) is 47.1 Å². The van der Waals surface area contributed by atoms with E-state index in [1.807, 2.05) is 53.4 Å². The Kier molecular flexibility index (Phi) is 4.89. The highest BCUT2D eigenvalue weighted by atomic mass is 16.5. The average molecular weight is 367 g/mol. The smallest absolute Gasteiger partial charge is 0.253 e. The molecule has 0 unspecified atom stereocenters. The number of carbonyl (C=O) groups is 1. The number of likely N-dealkylation sites (tertiary alicyclic amines) is 1. The Bertz CT molecular complexity index is 837. The third-order valence-corrected chi connectivity index (χ3v) is 5.75. The molecule has 2 atom stereocenters. The molecule has 0 aromatic heterocycles. The van der Waals surface area contributed by atoms with E-state index in [2.05, 4.69) is 0 Å². The molecule has 2 aromatic rings. The van der Waals surface area contributed by atoms with Gasteiger partial charge in [-0.3, -0.25) is 4.79 Å². The van der Waals surface area contributed by atoms with Crippen LogP contribution in [0.15, 0.2) is 48.5 Å². The molecule has 27 heavy (non-hydrogen) atoms. The minimum absolute atomic E-state index is 0.0607. The number of nitrogens with zero attached hydrogens (tertiary/aromatic N) is 1. The van der Waals surface area contributed by atoms with Gasteiger partial charge in [-0.2, -0.15) is 0 Å². The van der Waals surface area contributed by atoms with E-state index in [1.54, 1.807) is 14.2 Å². The van der Waals surface area contributed by atoms with Crippen LogP contribution >= 0.6 is 0 Å². The molecule has 0 bridgehead atoms. The Hall–Kier alpha value is -2.37. The van der Waals surface area contributed by atoms with Crippen molar-refractivity contribution >= 4 is 5.91 Å². The van der Waals surface area contributed by atoms with Crippen molar-refractivity contribution in [1.82, 2.24) is 4.90 Å². The monoisotopic (exact) mass is 367 g/mol. The molecule has 0 radical (unpaired) electrons. The summed E-state index contributed by atoms with van der Waals surface area (Å²) in [5, 5.41) is 0. The predicted octanol–water partition coefficient (Wildman–Crippen LogP) is 3.10. The summed E-state index contributed by atoms with van der Waals surface area (Å²) in [5.41, 5.74) is 2.69. The van der Waals surface area contributed by atoms with Crippen molar-refractivity contribution < 1.29 is 19.0 Å². The first-order valence-corrected chi connectivity index (χ1v) is 9.26. The molecule has 0 spiro atoms. The van der Waals surface area contributed by atoms with Crippen LogP contribution in [0.2, 0.25) is 0 Å². The molecule has 0 N–H and O–H groups in total. The van der Waals surface area contributed by atoms with Crippen molar-refractivity contribution in [3.63, 3.8) is 0 Å². The summed E-state index contributed by atoms with van der Waals surface area (Å²) in [4.78, 5) is 15.1. The van der Waals surface area contributed by atoms with Gasteiger partial charge in [-0.05, 0) is 35.4 Å². The summed E-state index contributed by atoms with van der Waals surface area (Å²) < 4.78 is 16.4. The molecule has 5 heteroatoms. The summed E-state index contributed by atoms with van der Waals surface area (Å²) in [6, 6.07) is 15.7. The molecule has 1 amide bonds. The van der Waals surface area contributed by atoms with Crippen LogP contribution in [0.25, 0.3) is 11.1 Å². The number of carbonyl (C=O) groups excluding carboxylic acids is 1. The third kappa shape index (κ3) is 3.33. The van der Waals surface area contributed by atoms with Gasteiger partial charge in [0.1, 0.15) is 5.75 Å². The molecular formula is C22H25NO4. The first-order chi connectivity index (χ1) is 13.1. The highest BCUT2D eigenvalue weighted by molar-refractivity contribution is 5.95. The van der Waals surface area contributed by atoms with Crippen LogP contribution in [0.3, 0.4) is 0 Å². The van der Waals surface area contributed by atoms with Gasteiger partial charge in [0.15, 0.2) is 0 Å². The predicted molar refractivity (Wildman–Crippen MR) is 103 cm³/mol. The van der Waals surface area contributed by atoms with Crippen LogP contribution in [0.4, 0.5) is 0 Å². The van der Waals surface area contributed by atoms with Gasteiger partial charge in [-0.25, -0.2) is 0 Å². The van der Waals surface area contributed by atoms with E-state index in [4.69, 9.17) is 14.2 Å². The summed E-state index contributed by atoms with van der Waals surface area (Å²) in [6.45, 7) is 3.42. The van der Waals surface area contributed by atoms with Gasteiger partial charge in [-0.15, -0.1) is 0 Å². The molecule has 2 saturated heterocycles. The maximum Gasteiger partial charge on any atom is 0.253 e. The van der Waals surface area contributed by atoms with E-state index in [0.717, 1.165) is 23.4 Å².